The lowest BCUT2D eigenvalue weighted by Crippen LogP contribution is -2.71. The van der Waals surface area contributed by atoms with Gasteiger partial charge in [0.2, 0.25) is 5.41 Å². The molecule has 4 rings (SSSR count). The second-order valence-electron chi connectivity index (χ2n) is 7.31. The lowest BCUT2D eigenvalue weighted by atomic mass is 9.62. The molecule has 8 nitrogen and oxygen atoms in total. The molecule has 9 heteroatoms. The topological polar surface area (TPSA) is 85.4 Å². The predicted octanol–water partition coefficient (Wildman–Crippen LogP) is 2.69. The molecule has 2 heterocycles. The maximum absolute atomic E-state index is 14.1. The Kier molecular flexibility index (Phi) is 5.15. The summed E-state index contributed by atoms with van der Waals surface area (Å²) in [6.45, 7) is -0.0201. The molecule has 0 radical (unpaired) electrons. The molecule has 162 valence electrons. The van der Waals surface area contributed by atoms with Crippen LogP contribution in [0.2, 0.25) is 5.02 Å². The molecule has 1 unspecified atom stereocenters. The van der Waals surface area contributed by atoms with Crippen LogP contribution < -0.4 is 9.96 Å². The van der Waals surface area contributed by atoms with E-state index in [0.717, 1.165) is 0 Å². The number of ether oxygens (including phenoxy) is 2. The first kappa shape index (κ1) is 21.1. The van der Waals surface area contributed by atoms with Crippen LogP contribution in [0.3, 0.4) is 0 Å². The van der Waals surface area contributed by atoms with Crippen LogP contribution >= 0.6 is 11.6 Å². The summed E-state index contributed by atoms with van der Waals surface area (Å²) in [5, 5.41) is 1.62. The summed E-state index contributed by atoms with van der Waals surface area (Å²) in [5.74, 6) is -2.34. The monoisotopic (exact) mass is 444 g/mol. The van der Waals surface area contributed by atoms with E-state index in [0.29, 0.717) is 22.0 Å². The number of anilines is 2. The number of likely N-dealkylation sites (N-methyl/N-ethyl adjacent to an activating group) is 1. The Morgan fingerprint density at radius 2 is 1.68 bits per heavy atom. The molecule has 0 aliphatic carbocycles. The molecule has 2 aliphatic heterocycles. The van der Waals surface area contributed by atoms with E-state index in [1.165, 1.54) is 24.2 Å². The number of hydroxylamine groups is 1. The van der Waals surface area contributed by atoms with Crippen LogP contribution in [0, 0.1) is 5.41 Å². The number of carbonyl (C=O) groups excluding carboxylic acids is 3. The number of carbonyl (C=O) groups is 3. The summed E-state index contributed by atoms with van der Waals surface area (Å²) >= 11 is 6.46. The van der Waals surface area contributed by atoms with Gasteiger partial charge in [-0.1, -0.05) is 41.9 Å². The highest BCUT2D eigenvalue weighted by Gasteiger charge is 2.76. The smallest absolute Gasteiger partial charge is 0.326 e. The van der Waals surface area contributed by atoms with E-state index in [1.54, 1.807) is 55.6 Å². The average molecular weight is 445 g/mol. The summed E-state index contributed by atoms with van der Waals surface area (Å²) < 4.78 is 10.2. The summed E-state index contributed by atoms with van der Waals surface area (Å²) in [5.41, 5.74) is -2.74. The minimum Gasteiger partial charge on any atom is -0.468 e. The maximum Gasteiger partial charge on any atom is 0.326 e. The van der Waals surface area contributed by atoms with Crippen LogP contribution in [0.25, 0.3) is 0 Å². The fourth-order valence-electron chi connectivity index (χ4n) is 4.72. The Labute approximate surface area is 184 Å². The van der Waals surface area contributed by atoms with Gasteiger partial charge in [-0.3, -0.25) is 19.2 Å². The molecule has 1 fully saturated rings. The maximum atomic E-state index is 14.1. The van der Waals surface area contributed by atoms with E-state index in [1.807, 2.05) is 0 Å². The van der Waals surface area contributed by atoms with E-state index < -0.39 is 28.8 Å². The van der Waals surface area contributed by atoms with Crippen LogP contribution in [-0.2, 0) is 34.2 Å². The minimum absolute atomic E-state index is 0.0201. The molecule has 0 aromatic heterocycles. The second-order valence-corrected chi connectivity index (χ2v) is 7.72. The van der Waals surface area contributed by atoms with Gasteiger partial charge in [0.25, 0.3) is 5.91 Å². The van der Waals surface area contributed by atoms with Crippen molar-refractivity contribution in [2.24, 2.45) is 5.41 Å². The van der Waals surface area contributed by atoms with Crippen LogP contribution in [0.4, 0.5) is 11.4 Å². The highest BCUT2D eigenvalue weighted by molar-refractivity contribution is 6.35. The molecular formula is C22H21ClN2O6. The van der Waals surface area contributed by atoms with Gasteiger partial charge < -0.3 is 14.4 Å². The third kappa shape index (κ3) is 2.55. The van der Waals surface area contributed by atoms with Gasteiger partial charge in [0.15, 0.2) is 5.54 Å². The SMILES string of the molecule is COC(=O)C1(C(=O)OC)CCON(c2ccccc2)C12C(=O)N(C)c1c(Cl)cccc12. The largest absolute Gasteiger partial charge is 0.468 e. The van der Waals surface area contributed by atoms with Crippen LogP contribution in [0.15, 0.2) is 48.5 Å². The fraction of sp³-hybridized carbons (Fsp3) is 0.318. The number of nitrogens with zero attached hydrogens (tertiary/aromatic N) is 2. The minimum atomic E-state index is -2.04. The molecule has 0 bridgehead atoms. The molecule has 0 N–H and O–H groups in total. The zero-order valence-corrected chi connectivity index (χ0v) is 18.0. The second kappa shape index (κ2) is 7.55. The van der Waals surface area contributed by atoms with Gasteiger partial charge in [-0.2, -0.15) is 0 Å². The highest BCUT2D eigenvalue weighted by Crippen LogP contribution is 2.60. The Balaban J connectivity index is 2.16. The van der Waals surface area contributed by atoms with Crippen molar-refractivity contribution in [3.63, 3.8) is 0 Å². The van der Waals surface area contributed by atoms with E-state index in [9.17, 15) is 14.4 Å². The first-order chi connectivity index (χ1) is 14.9. The number of esters is 2. The van der Waals surface area contributed by atoms with Crippen molar-refractivity contribution in [3.05, 3.63) is 59.1 Å². The summed E-state index contributed by atoms with van der Waals surface area (Å²) in [6.07, 6.45) is -0.124. The Hall–Kier alpha value is -3.10. The standard InChI is InChI=1S/C22H21ClN2O6/c1-24-17-15(10-7-11-16(17)23)22(18(24)26)21(19(27)29-2,20(28)30-3)12-13-31-25(22)14-8-5-4-6-9-14/h4-11H,12-13H2,1-3H3. The lowest BCUT2D eigenvalue weighted by Gasteiger charge is -2.52. The normalized spacial score (nSPS) is 21.7. The third-order valence-electron chi connectivity index (χ3n) is 6.00. The van der Waals surface area contributed by atoms with E-state index >= 15 is 0 Å². The Morgan fingerprint density at radius 1 is 1.03 bits per heavy atom. The predicted molar refractivity (Wildman–Crippen MR) is 112 cm³/mol. The third-order valence-corrected chi connectivity index (χ3v) is 6.31. The van der Waals surface area contributed by atoms with E-state index in [2.05, 4.69) is 0 Å². The van der Waals surface area contributed by atoms with Crippen LogP contribution in [-0.4, -0.2) is 45.7 Å². The number of methoxy groups -OCH3 is 2. The summed E-state index contributed by atoms with van der Waals surface area (Å²) in [6, 6.07) is 13.7. The van der Waals surface area contributed by atoms with E-state index in [4.69, 9.17) is 25.9 Å². The van der Waals surface area contributed by atoms with Crippen molar-refractivity contribution >= 4 is 40.8 Å². The van der Waals surface area contributed by atoms with Crippen molar-refractivity contribution in [3.8, 4) is 0 Å². The summed E-state index contributed by atoms with van der Waals surface area (Å²) in [7, 11) is 3.88. The van der Waals surface area contributed by atoms with Crippen molar-refractivity contribution in [1.29, 1.82) is 0 Å². The Morgan fingerprint density at radius 3 is 2.29 bits per heavy atom. The van der Waals surface area contributed by atoms with Crippen LogP contribution in [0.5, 0.6) is 0 Å². The fourth-order valence-corrected chi connectivity index (χ4v) is 5.02. The molecule has 1 saturated heterocycles. The number of amides is 1. The molecule has 2 aliphatic rings. The molecule has 2 aromatic rings. The zero-order valence-electron chi connectivity index (χ0n) is 17.3. The number of para-hydroxylation sites is 2. The number of halogens is 1. The van der Waals surface area contributed by atoms with Gasteiger partial charge in [-0.05, 0) is 18.2 Å². The number of benzene rings is 2. The molecule has 1 amide bonds. The van der Waals surface area contributed by atoms with Crippen LogP contribution in [0.1, 0.15) is 12.0 Å². The number of hydrogen-bond donors (Lipinski definition) is 0. The molecule has 1 atom stereocenters. The van der Waals surface area contributed by atoms with Gasteiger partial charge in [-0.25, -0.2) is 5.06 Å². The number of fused-ring (bicyclic) bond motifs is 2. The van der Waals surface area contributed by atoms with Crippen molar-refractivity contribution in [2.45, 2.75) is 12.0 Å². The van der Waals surface area contributed by atoms with Gasteiger partial charge in [0, 0.05) is 19.0 Å². The van der Waals surface area contributed by atoms with Gasteiger partial charge in [0.05, 0.1) is 37.2 Å². The molecule has 31 heavy (non-hydrogen) atoms. The number of rotatable bonds is 3. The quantitative estimate of drug-likeness (QED) is 0.531. The first-order valence-corrected chi connectivity index (χ1v) is 9.98. The molecule has 1 spiro atoms. The molecule has 0 saturated carbocycles. The molecular weight excluding hydrogens is 424 g/mol. The highest BCUT2D eigenvalue weighted by atomic mass is 35.5. The zero-order chi connectivity index (χ0) is 22.4. The first-order valence-electron chi connectivity index (χ1n) is 9.60. The lowest BCUT2D eigenvalue weighted by molar-refractivity contribution is -0.191. The molecule has 2 aromatic carbocycles. The van der Waals surface area contributed by atoms with Crippen molar-refractivity contribution in [2.75, 3.05) is 37.8 Å². The van der Waals surface area contributed by atoms with Crippen molar-refractivity contribution in [1.82, 2.24) is 0 Å². The number of hydrogen-bond acceptors (Lipinski definition) is 7. The van der Waals surface area contributed by atoms with Gasteiger partial charge >= 0.3 is 11.9 Å². The average Bonchev–Trinajstić information content (AvgIpc) is 3.02. The van der Waals surface area contributed by atoms with E-state index in [-0.39, 0.29) is 13.0 Å². The Bertz CT molecular complexity index is 1040. The summed E-state index contributed by atoms with van der Waals surface area (Å²) in [4.78, 5) is 48.1. The van der Waals surface area contributed by atoms with Gasteiger partial charge in [0.1, 0.15) is 0 Å². The van der Waals surface area contributed by atoms with Gasteiger partial charge in [-0.15, -0.1) is 0 Å². The van der Waals surface area contributed by atoms with Crippen molar-refractivity contribution < 1.29 is 28.7 Å².